The summed E-state index contributed by atoms with van der Waals surface area (Å²) in [6, 6.07) is 0. The fourth-order valence-corrected chi connectivity index (χ4v) is 0.978. The molecule has 0 heterocycles. The molecule has 0 spiro atoms. The summed E-state index contributed by atoms with van der Waals surface area (Å²) < 4.78 is 0. The molecule has 0 fully saturated rings. The Balaban J connectivity index is 3.44. The van der Waals surface area contributed by atoms with Crippen molar-refractivity contribution in [1.29, 1.82) is 0 Å². The molecule has 0 aromatic carbocycles. The van der Waals surface area contributed by atoms with Crippen LogP contribution in [0.2, 0.25) is 0 Å². The van der Waals surface area contributed by atoms with Gasteiger partial charge in [0.1, 0.15) is 0 Å². The molecule has 3 heteroatoms. The number of rotatable bonds is 7. The fourth-order valence-electron chi connectivity index (χ4n) is 0.978. The van der Waals surface area contributed by atoms with Gasteiger partial charge in [-0.2, -0.15) is 0 Å². The molecule has 0 radical (unpaired) electrons. The van der Waals surface area contributed by atoms with E-state index in [9.17, 15) is 4.79 Å². The van der Waals surface area contributed by atoms with Crippen LogP contribution in [0.4, 0.5) is 0 Å². The number of nitrogens with one attached hydrogen (secondary N) is 2. The zero-order valence-electron chi connectivity index (χ0n) is 9.89. The zero-order chi connectivity index (χ0) is 11.0. The third-order valence-corrected chi connectivity index (χ3v) is 2.54. The first-order chi connectivity index (χ1) is 6.57. The normalized spacial score (nSPS) is 12.9. The average molecular weight is 200 g/mol. The van der Waals surface area contributed by atoms with Crippen LogP contribution in [0.5, 0.6) is 0 Å². The molecule has 0 aromatic heterocycles. The van der Waals surface area contributed by atoms with E-state index in [2.05, 4.69) is 31.4 Å². The van der Waals surface area contributed by atoms with Crippen LogP contribution in [-0.4, -0.2) is 25.5 Å². The van der Waals surface area contributed by atoms with Gasteiger partial charge in [0.05, 0.1) is 0 Å². The maximum absolute atomic E-state index is 11.3. The van der Waals surface area contributed by atoms with E-state index >= 15 is 0 Å². The van der Waals surface area contributed by atoms with Gasteiger partial charge < -0.3 is 10.6 Å². The highest BCUT2D eigenvalue weighted by molar-refractivity contribution is 5.76. The fraction of sp³-hybridized carbons (Fsp3) is 0.909. The maximum atomic E-state index is 11.3. The topological polar surface area (TPSA) is 41.1 Å². The predicted molar refractivity (Wildman–Crippen MR) is 60.2 cm³/mol. The minimum atomic E-state index is 0.151. The van der Waals surface area contributed by atoms with Crippen molar-refractivity contribution < 1.29 is 4.79 Å². The second-order valence-corrected chi connectivity index (χ2v) is 4.13. The standard InChI is InChI=1S/C11H24N2O/c1-5-12-7-6-11(14)13-8-10(4)9(2)3/h9-10,12H,5-8H2,1-4H3,(H,13,14). The van der Waals surface area contributed by atoms with Crippen molar-refractivity contribution in [2.45, 2.75) is 34.1 Å². The van der Waals surface area contributed by atoms with E-state index in [1.54, 1.807) is 0 Å². The molecule has 1 atom stereocenters. The summed E-state index contributed by atoms with van der Waals surface area (Å²) in [6.07, 6.45) is 0.582. The molecule has 1 amide bonds. The molecule has 14 heavy (non-hydrogen) atoms. The predicted octanol–water partition coefficient (Wildman–Crippen LogP) is 1.39. The van der Waals surface area contributed by atoms with E-state index in [4.69, 9.17) is 0 Å². The van der Waals surface area contributed by atoms with Gasteiger partial charge in [-0.15, -0.1) is 0 Å². The average Bonchev–Trinajstić information content (AvgIpc) is 2.14. The van der Waals surface area contributed by atoms with E-state index in [1.807, 2.05) is 6.92 Å². The summed E-state index contributed by atoms with van der Waals surface area (Å²) >= 11 is 0. The summed E-state index contributed by atoms with van der Waals surface area (Å²) in [5.41, 5.74) is 0. The Bertz CT molecular complexity index is 157. The van der Waals surface area contributed by atoms with Crippen LogP contribution in [0.1, 0.15) is 34.1 Å². The number of carbonyl (C=O) groups is 1. The van der Waals surface area contributed by atoms with Gasteiger partial charge in [-0.25, -0.2) is 0 Å². The Hall–Kier alpha value is -0.570. The third-order valence-electron chi connectivity index (χ3n) is 2.54. The second kappa shape index (κ2) is 7.80. The monoisotopic (exact) mass is 200 g/mol. The molecule has 0 aliphatic heterocycles. The molecule has 3 nitrogen and oxygen atoms in total. The molecular formula is C11H24N2O. The minimum Gasteiger partial charge on any atom is -0.356 e. The van der Waals surface area contributed by atoms with Gasteiger partial charge in [0.25, 0.3) is 0 Å². The highest BCUT2D eigenvalue weighted by Crippen LogP contribution is 2.07. The van der Waals surface area contributed by atoms with Crippen molar-refractivity contribution >= 4 is 5.91 Å². The summed E-state index contributed by atoms with van der Waals surface area (Å²) in [4.78, 5) is 11.3. The van der Waals surface area contributed by atoms with E-state index in [0.29, 0.717) is 18.3 Å². The summed E-state index contributed by atoms with van der Waals surface area (Å²) in [5.74, 6) is 1.33. The Kier molecular flexibility index (Phi) is 7.48. The first-order valence-electron chi connectivity index (χ1n) is 5.55. The molecular weight excluding hydrogens is 176 g/mol. The molecule has 0 rings (SSSR count). The lowest BCUT2D eigenvalue weighted by molar-refractivity contribution is -0.121. The van der Waals surface area contributed by atoms with Crippen molar-refractivity contribution in [2.24, 2.45) is 11.8 Å². The Morgan fingerprint density at radius 1 is 1.29 bits per heavy atom. The van der Waals surface area contributed by atoms with Gasteiger partial charge in [-0.1, -0.05) is 27.7 Å². The number of amides is 1. The van der Waals surface area contributed by atoms with Crippen LogP contribution in [-0.2, 0) is 4.79 Å². The lowest BCUT2D eigenvalue weighted by Gasteiger charge is -2.15. The molecule has 84 valence electrons. The Morgan fingerprint density at radius 2 is 1.93 bits per heavy atom. The first kappa shape index (κ1) is 13.4. The third kappa shape index (κ3) is 6.89. The van der Waals surface area contributed by atoms with Crippen LogP contribution in [0.25, 0.3) is 0 Å². The highest BCUT2D eigenvalue weighted by atomic mass is 16.1. The zero-order valence-corrected chi connectivity index (χ0v) is 9.89. The van der Waals surface area contributed by atoms with Gasteiger partial charge >= 0.3 is 0 Å². The van der Waals surface area contributed by atoms with Gasteiger partial charge in [-0.3, -0.25) is 4.79 Å². The van der Waals surface area contributed by atoms with Crippen molar-refractivity contribution in [2.75, 3.05) is 19.6 Å². The molecule has 2 N–H and O–H groups in total. The van der Waals surface area contributed by atoms with Gasteiger partial charge in [0, 0.05) is 19.5 Å². The Labute approximate surface area is 87.6 Å². The van der Waals surface area contributed by atoms with Crippen molar-refractivity contribution in [1.82, 2.24) is 10.6 Å². The largest absolute Gasteiger partial charge is 0.356 e. The summed E-state index contributed by atoms with van der Waals surface area (Å²) in [7, 11) is 0. The highest BCUT2D eigenvalue weighted by Gasteiger charge is 2.08. The number of hydrogen-bond acceptors (Lipinski definition) is 2. The van der Waals surface area contributed by atoms with E-state index in [-0.39, 0.29) is 5.91 Å². The smallest absolute Gasteiger partial charge is 0.221 e. The first-order valence-corrected chi connectivity index (χ1v) is 5.55. The molecule has 0 saturated carbocycles. The summed E-state index contributed by atoms with van der Waals surface area (Å²) in [5, 5.41) is 6.07. The molecule has 1 unspecified atom stereocenters. The van der Waals surface area contributed by atoms with E-state index in [1.165, 1.54) is 0 Å². The van der Waals surface area contributed by atoms with Crippen molar-refractivity contribution in [3.05, 3.63) is 0 Å². The second-order valence-electron chi connectivity index (χ2n) is 4.13. The number of carbonyl (C=O) groups excluding carboxylic acids is 1. The van der Waals surface area contributed by atoms with Crippen LogP contribution >= 0.6 is 0 Å². The van der Waals surface area contributed by atoms with E-state index < -0.39 is 0 Å². The molecule has 0 aliphatic rings. The SMILES string of the molecule is CCNCCC(=O)NCC(C)C(C)C. The summed E-state index contributed by atoms with van der Waals surface area (Å²) in [6.45, 7) is 11.1. The quantitative estimate of drug-likeness (QED) is 0.610. The molecule has 0 saturated heterocycles. The van der Waals surface area contributed by atoms with Gasteiger partial charge in [0.2, 0.25) is 5.91 Å². The molecule has 0 bridgehead atoms. The van der Waals surface area contributed by atoms with Crippen molar-refractivity contribution in [3.63, 3.8) is 0 Å². The maximum Gasteiger partial charge on any atom is 0.221 e. The van der Waals surface area contributed by atoms with Crippen LogP contribution < -0.4 is 10.6 Å². The van der Waals surface area contributed by atoms with Crippen LogP contribution in [0.3, 0.4) is 0 Å². The lowest BCUT2D eigenvalue weighted by Crippen LogP contribution is -2.32. The Morgan fingerprint density at radius 3 is 2.43 bits per heavy atom. The van der Waals surface area contributed by atoms with Crippen molar-refractivity contribution in [3.8, 4) is 0 Å². The number of hydrogen-bond donors (Lipinski definition) is 2. The van der Waals surface area contributed by atoms with Gasteiger partial charge in [0.15, 0.2) is 0 Å². The van der Waals surface area contributed by atoms with Crippen LogP contribution in [0, 0.1) is 11.8 Å². The minimum absolute atomic E-state index is 0.151. The van der Waals surface area contributed by atoms with Crippen LogP contribution in [0.15, 0.2) is 0 Å². The molecule has 0 aromatic rings. The lowest BCUT2D eigenvalue weighted by atomic mass is 9.98. The molecule has 0 aliphatic carbocycles. The van der Waals surface area contributed by atoms with Gasteiger partial charge in [-0.05, 0) is 18.4 Å². The van der Waals surface area contributed by atoms with E-state index in [0.717, 1.165) is 19.6 Å².